The first-order valence-electron chi connectivity index (χ1n) is 20.3. The Bertz CT molecular complexity index is 1400. The van der Waals surface area contributed by atoms with Gasteiger partial charge in [0.05, 0.1) is 6.10 Å². The molecule has 5 aliphatic rings. The van der Waals surface area contributed by atoms with Gasteiger partial charge in [-0.3, -0.25) is 19.2 Å². The van der Waals surface area contributed by atoms with Crippen LogP contribution >= 0.6 is 0 Å². The van der Waals surface area contributed by atoms with Crippen LogP contribution in [0.5, 0.6) is 0 Å². The second-order valence-corrected chi connectivity index (χ2v) is 17.6. The van der Waals surface area contributed by atoms with Crippen LogP contribution in [-0.4, -0.2) is 67.3 Å². The number of fused-ring (bicyclic) bond motifs is 5. The molecular formula is C43H66O10. The Morgan fingerprint density at radius 3 is 2.13 bits per heavy atom. The summed E-state index contributed by atoms with van der Waals surface area (Å²) in [6.45, 7) is 21.0. The van der Waals surface area contributed by atoms with Crippen LogP contribution in [0.2, 0.25) is 0 Å². The number of carbonyl (C=O) groups excluding carboxylic acids is 4. The molecule has 0 aromatic carbocycles. The second-order valence-electron chi connectivity index (χ2n) is 17.6. The third-order valence-corrected chi connectivity index (χ3v) is 14.3. The summed E-state index contributed by atoms with van der Waals surface area (Å²) in [6, 6.07) is 0. The summed E-state index contributed by atoms with van der Waals surface area (Å²) >= 11 is 0. The predicted molar refractivity (Wildman–Crippen MR) is 199 cm³/mol. The van der Waals surface area contributed by atoms with Crippen LogP contribution in [0.1, 0.15) is 133 Å². The molecule has 0 aromatic heterocycles. The molecule has 5 rings (SSSR count). The Morgan fingerprint density at radius 2 is 1.51 bits per heavy atom. The minimum Gasteiger partial charge on any atom is -0.463 e. The lowest BCUT2D eigenvalue weighted by molar-refractivity contribution is -0.318. The highest BCUT2D eigenvalue weighted by Gasteiger charge is 2.60. The van der Waals surface area contributed by atoms with Gasteiger partial charge in [0.25, 0.3) is 0 Å². The molecule has 4 aliphatic carbocycles. The van der Waals surface area contributed by atoms with E-state index in [2.05, 4.69) is 47.3 Å². The summed E-state index contributed by atoms with van der Waals surface area (Å²) in [5.74, 6) is 1.70. The van der Waals surface area contributed by atoms with Crippen molar-refractivity contribution in [1.29, 1.82) is 0 Å². The van der Waals surface area contributed by atoms with Crippen LogP contribution in [0.25, 0.3) is 0 Å². The highest BCUT2D eigenvalue weighted by atomic mass is 16.7. The van der Waals surface area contributed by atoms with Crippen LogP contribution < -0.4 is 0 Å². The van der Waals surface area contributed by atoms with Crippen molar-refractivity contribution in [2.75, 3.05) is 6.61 Å². The fraction of sp³-hybridized carbons (Fsp3) is 0.814. The molecule has 0 amide bonds. The Balaban J connectivity index is 1.31. The van der Waals surface area contributed by atoms with Gasteiger partial charge in [0.15, 0.2) is 24.6 Å². The van der Waals surface area contributed by atoms with E-state index in [0.29, 0.717) is 23.2 Å². The van der Waals surface area contributed by atoms with Gasteiger partial charge in [-0.1, -0.05) is 51.5 Å². The van der Waals surface area contributed by atoms with Crippen molar-refractivity contribution in [2.24, 2.45) is 46.3 Å². The summed E-state index contributed by atoms with van der Waals surface area (Å²) in [7, 11) is 0. The van der Waals surface area contributed by atoms with Gasteiger partial charge in [0.2, 0.25) is 0 Å². The Labute approximate surface area is 317 Å². The van der Waals surface area contributed by atoms with E-state index < -0.39 is 54.6 Å². The zero-order valence-corrected chi connectivity index (χ0v) is 33.8. The van der Waals surface area contributed by atoms with E-state index in [1.54, 1.807) is 0 Å². The molecule has 0 radical (unpaired) electrons. The molecule has 0 spiro atoms. The molecule has 1 heterocycles. The maximum Gasteiger partial charge on any atom is 0.303 e. The van der Waals surface area contributed by atoms with E-state index in [0.717, 1.165) is 43.4 Å². The maximum absolute atomic E-state index is 12.4. The highest BCUT2D eigenvalue weighted by molar-refractivity contribution is 5.68. The number of ether oxygens (including phenoxy) is 6. The largest absolute Gasteiger partial charge is 0.463 e. The van der Waals surface area contributed by atoms with Crippen LogP contribution in [0, 0.1) is 46.3 Å². The van der Waals surface area contributed by atoms with Crippen LogP contribution in [0.3, 0.4) is 0 Å². The zero-order chi connectivity index (χ0) is 38.8. The van der Waals surface area contributed by atoms with Crippen molar-refractivity contribution >= 4 is 23.9 Å². The Kier molecular flexibility index (Phi) is 13.3. The van der Waals surface area contributed by atoms with Gasteiger partial charge in [0, 0.05) is 27.7 Å². The van der Waals surface area contributed by atoms with E-state index in [4.69, 9.17) is 28.4 Å². The summed E-state index contributed by atoms with van der Waals surface area (Å²) in [5.41, 5.74) is 3.23. The lowest BCUT2D eigenvalue weighted by Gasteiger charge is -2.58. The van der Waals surface area contributed by atoms with E-state index >= 15 is 0 Å². The minimum absolute atomic E-state index is 0.0882. The molecule has 1 saturated heterocycles. The normalized spacial score (nSPS) is 38.8. The first-order chi connectivity index (χ1) is 25.0. The standard InChI is InChI=1S/C43H66O10/c1-11-30(24(2)3)13-12-25(4)34-16-17-35-33-15-14-31-22-32(18-20-42(31,9)36(33)19-21-43(34,35)10)52-41-40(51-29(8)47)39(50-28(7)46)38(49-27(6)45)37(53-41)23-48-26(5)44/h14,25,30,32-41H,2,11-13,15-23H2,1,3-10H3/t25-,30-,32+,33+,34-,35+,36+,37-,38+,39+,40-,41-,42+,43-/m1/s1. The van der Waals surface area contributed by atoms with Crippen molar-refractivity contribution in [3.05, 3.63) is 23.8 Å². The van der Waals surface area contributed by atoms with Gasteiger partial charge in [-0.15, -0.1) is 0 Å². The summed E-state index contributed by atoms with van der Waals surface area (Å²) in [4.78, 5) is 48.6. The van der Waals surface area contributed by atoms with Crippen LogP contribution in [-0.2, 0) is 47.6 Å². The van der Waals surface area contributed by atoms with Crippen molar-refractivity contribution < 1.29 is 47.6 Å². The number of carbonyl (C=O) groups is 4. The van der Waals surface area contributed by atoms with Crippen LogP contribution in [0.4, 0.5) is 0 Å². The molecule has 0 bridgehead atoms. The van der Waals surface area contributed by atoms with Crippen molar-refractivity contribution in [3.8, 4) is 0 Å². The molecule has 10 heteroatoms. The topological polar surface area (TPSA) is 124 Å². The smallest absolute Gasteiger partial charge is 0.303 e. The molecule has 4 fully saturated rings. The van der Waals surface area contributed by atoms with Crippen LogP contribution in [0.15, 0.2) is 23.8 Å². The molecule has 14 atom stereocenters. The van der Waals surface area contributed by atoms with Gasteiger partial charge < -0.3 is 28.4 Å². The molecule has 0 unspecified atom stereocenters. The van der Waals surface area contributed by atoms with E-state index in [1.165, 1.54) is 83.8 Å². The quantitative estimate of drug-likeness (QED) is 0.104. The molecule has 298 valence electrons. The first kappa shape index (κ1) is 41.4. The number of hydrogen-bond acceptors (Lipinski definition) is 10. The van der Waals surface area contributed by atoms with Gasteiger partial charge in [-0.05, 0) is 124 Å². The molecular weight excluding hydrogens is 676 g/mol. The van der Waals surface area contributed by atoms with E-state index in [9.17, 15) is 19.2 Å². The third-order valence-electron chi connectivity index (χ3n) is 14.3. The van der Waals surface area contributed by atoms with Crippen molar-refractivity contribution in [3.63, 3.8) is 0 Å². The van der Waals surface area contributed by atoms with Gasteiger partial charge >= 0.3 is 23.9 Å². The predicted octanol–water partition coefficient (Wildman–Crippen LogP) is 8.05. The van der Waals surface area contributed by atoms with Gasteiger partial charge in [-0.25, -0.2) is 0 Å². The summed E-state index contributed by atoms with van der Waals surface area (Å²) in [6.07, 6.45) is 8.92. The highest BCUT2D eigenvalue weighted by Crippen LogP contribution is 2.67. The Morgan fingerprint density at radius 1 is 0.849 bits per heavy atom. The number of rotatable bonds is 13. The summed E-state index contributed by atoms with van der Waals surface area (Å²) in [5, 5.41) is 0. The second kappa shape index (κ2) is 17.0. The van der Waals surface area contributed by atoms with Gasteiger partial charge in [0.1, 0.15) is 12.7 Å². The summed E-state index contributed by atoms with van der Waals surface area (Å²) < 4.78 is 35.0. The number of allylic oxidation sites excluding steroid dienone is 2. The number of hydrogen-bond donors (Lipinski definition) is 0. The first-order valence-corrected chi connectivity index (χ1v) is 20.3. The molecule has 1 aliphatic heterocycles. The maximum atomic E-state index is 12.4. The molecule has 3 saturated carbocycles. The SMILES string of the molecule is C=C(C)[C@H](CC)CC[C@@H](C)[C@H]1CC[C@H]2[C@@H]3CC=C4C[C@@H](O[C@@H]5O[C@H](COC(C)=O)[C@H](OC(C)=O)[C@H](OC(C)=O)[C@H]5OC(C)=O)CC[C@]4(C)[C@H]3CC[C@]12C. The average Bonchev–Trinajstić information content (AvgIpc) is 3.43. The fourth-order valence-corrected chi connectivity index (χ4v) is 11.7. The molecule has 53 heavy (non-hydrogen) atoms. The van der Waals surface area contributed by atoms with E-state index in [-0.39, 0.29) is 18.1 Å². The lowest BCUT2D eigenvalue weighted by Crippen LogP contribution is -2.63. The van der Waals surface area contributed by atoms with E-state index in [1.807, 2.05) is 0 Å². The number of esters is 4. The molecule has 0 N–H and O–H groups in total. The average molecular weight is 743 g/mol. The Hall–Kier alpha value is -2.72. The molecule has 0 aromatic rings. The fourth-order valence-electron chi connectivity index (χ4n) is 11.7. The lowest BCUT2D eigenvalue weighted by atomic mass is 9.47. The van der Waals surface area contributed by atoms with Gasteiger partial charge in [-0.2, -0.15) is 0 Å². The monoisotopic (exact) mass is 742 g/mol. The minimum atomic E-state index is -1.24. The van der Waals surface area contributed by atoms with Crippen molar-refractivity contribution in [2.45, 2.75) is 170 Å². The third kappa shape index (κ3) is 8.90. The van der Waals surface area contributed by atoms with Crippen molar-refractivity contribution in [1.82, 2.24) is 0 Å². The molecule has 10 nitrogen and oxygen atoms in total. The zero-order valence-electron chi connectivity index (χ0n) is 33.8.